The largest absolute Gasteiger partial charge is 0.314 e. The molecule has 0 bridgehead atoms. The van der Waals surface area contributed by atoms with Gasteiger partial charge in [-0.1, -0.05) is 0 Å². The van der Waals surface area contributed by atoms with Crippen LogP contribution in [0.1, 0.15) is 32.1 Å². The van der Waals surface area contributed by atoms with Gasteiger partial charge in [0.15, 0.2) is 0 Å². The molecule has 0 aromatic rings. The van der Waals surface area contributed by atoms with Crippen molar-refractivity contribution in [2.24, 2.45) is 5.92 Å². The molecule has 2 rings (SSSR count). The minimum atomic E-state index is 0.791. The second-order valence-corrected chi connectivity index (χ2v) is 6.62. The van der Waals surface area contributed by atoms with E-state index in [0.29, 0.717) is 0 Å². The number of nitrogens with one attached hydrogen (secondary N) is 1. The van der Waals surface area contributed by atoms with Crippen LogP contribution in [0.2, 0.25) is 0 Å². The van der Waals surface area contributed by atoms with Crippen LogP contribution in [-0.2, 0) is 0 Å². The minimum Gasteiger partial charge on any atom is -0.314 e. The fourth-order valence-electron chi connectivity index (χ4n) is 2.73. The molecule has 2 aliphatic heterocycles. The van der Waals surface area contributed by atoms with Gasteiger partial charge in [-0.25, -0.2) is 0 Å². The Labute approximate surface area is 105 Å². The molecular formula is C13H26N2S. The smallest absolute Gasteiger partial charge is 0.00798 e. The molecule has 1 N–H and O–H groups in total. The Hall–Kier alpha value is 0.270. The van der Waals surface area contributed by atoms with Crippen LogP contribution in [0.4, 0.5) is 0 Å². The SMILES string of the molecule is CN1CCCC(NCC2CCSCC2)CC1. The van der Waals surface area contributed by atoms with Crippen LogP contribution in [0.5, 0.6) is 0 Å². The van der Waals surface area contributed by atoms with E-state index in [-0.39, 0.29) is 0 Å². The molecule has 0 radical (unpaired) electrons. The second-order valence-electron chi connectivity index (χ2n) is 5.40. The molecule has 1 unspecified atom stereocenters. The van der Waals surface area contributed by atoms with E-state index >= 15 is 0 Å². The van der Waals surface area contributed by atoms with Gasteiger partial charge >= 0.3 is 0 Å². The van der Waals surface area contributed by atoms with E-state index in [1.54, 1.807) is 0 Å². The molecule has 94 valence electrons. The van der Waals surface area contributed by atoms with E-state index in [9.17, 15) is 0 Å². The Kier molecular flexibility index (Phi) is 5.46. The second kappa shape index (κ2) is 6.87. The van der Waals surface area contributed by atoms with Gasteiger partial charge < -0.3 is 10.2 Å². The number of hydrogen-bond donors (Lipinski definition) is 1. The summed E-state index contributed by atoms with van der Waals surface area (Å²) in [6, 6.07) is 0.791. The van der Waals surface area contributed by atoms with Gasteiger partial charge in [0.25, 0.3) is 0 Å². The van der Waals surface area contributed by atoms with E-state index < -0.39 is 0 Å². The quantitative estimate of drug-likeness (QED) is 0.817. The van der Waals surface area contributed by atoms with Crippen LogP contribution in [0.3, 0.4) is 0 Å². The number of thioether (sulfide) groups is 1. The van der Waals surface area contributed by atoms with Crippen molar-refractivity contribution in [3.05, 3.63) is 0 Å². The van der Waals surface area contributed by atoms with Crippen molar-refractivity contribution < 1.29 is 0 Å². The van der Waals surface area contributed by atoms with Gasteiger partial charge in [-0.05, 0) is 76.2 Å². The monoisotopic (exact) mass is 242 g/mol. The van der Waals surface area contributed by atoms with Crippen LogP contribution < -0.4 is 5.32 Å². The molecule has 0 aromatic heterocycles. The third-order valence-electron chi connectivity index (χ3n) is 3.99. The van der Waals surface area contributed by atoms with Crippen molar-refractivity contribution in [1.29, 1.82) is 0 Å². The van der Waals surface area contributed by atoms with Crippen molar-refractivity contribution in [2.45, 2.75) is 38.1 Å². The molecule has 2 saturated heterocycles. The van der Waals surface area contributed by atoms with Crippen LogP contribution in [0, 0.1) is 5.92 Å². The maximum atomic E-state index is 3.82. The number of hydrogen-bond acceptors (Lipinski definition) is 3. The lowest BCUT2D eigenvalue weighted by Crippen LogP contribution is -2.35. The Balaban J connectivity index is 1.64. The maximum absolute atomic E-state index is 3.82. The van der Waals surface area contributed by atoms with Gasteiger partial charge in [-0.3, -0.25) is 0 Å². The first kappa shape index (κ1) is 12.7. The fraction of sp³-hybridized carbons (Fsp3) is 1.00. The molecule has 0 amide bonds. The zero-order chi connectivity index (χ0) is 11.2. The highest BCUT2D eigenvalue weighted by molar-refractivity contribution is 7.99. The lowest BCUT2D eigenvalue weighted by Gasteiger charge is -2.24. The van der Waals surface area contributed by atoms with Crippen LogP contribution in [0.15, 0.2) is 0 Å². The molecule has 1 atom stereocenters. The summed E-state index contributed by atoms with van der Waals surface area (Å²) in [4.78, 5) is 2.47. The highest BCUT2D eigenvalue weighted by Gasteiger charge is 2.17. The first-order valence-corrected chi connectivity index (χ1v) is 8.00. The highest BCUT2D eigenvalue weighted by atomic mass is 32.2. The fourth-order valence-corrected chi connectivity index (χ4v) is 3.93. The third kappa shape index (κ3) is 4.27. The molecule has 0 aromatic carbocycles. The van der Waals surface area contributed by atoms with E-state index in [1.807, 2.05) is 0 Å². The lowest BCUT2D eigenvalue weighted by atomic mass is 10.0. The van der Waals surface area contributed by atoms with Crippen molar-refractivity contribution in [1.82, 2.24) is 10.2 Å². The van der Waals surface area contributed by atoms with E-state index in [4.69, 9.17) is 0 Å². The molecule has 2 aliphatic rings. The molecule has 2 heterocycles. The van der Waals surface area contributed by atoms with Gasteiger partial charge in [-0.15, -0.1) is 0 Å². The number of rotatable bonds is 3. The minimum absolute atomic E-state index is 0.791. The summed E-state index contributed by atoms with van der Waals surface area (Å²) in [5, 5.41) is 3.82. The molecule has 0 spiro atoms. The standard InChI is InChI=1S/C13H26N2S/c1-15-7-2-3-13(4-8-15)14-11-12-5-9-16-10-6-12/h12-14H,2-11H2,1H3. The molecule has 0 aliphatic carbocycles. The zero-order valence-corrected chi connectivity index (χ0v) is 11.4. The topological polar surface area (TPSA) is 15.3 Å². The van der Waals surface area contributed by atoms with Gasteiger partial charge in [-0.2, -0.15) is 11.8 Å². The van der Waals surface area contributed by atoms with Gasteiger partial charge in [0, 0.05) is 6.04 Å². The molecule has 2 nitrogen and oxygen atoms in total. The van der Waals surface area contributed by atoms with Crippen LogP contribution in [-0.4, -0.2) is 49.1 Å². The summed E-state index contributed by atoms with van der Waals surface area (Å²) in [7, 11) is 2.25. The first-order chi connectivity index (χ1) is 7.84. The van der Waals surface area contributed by atoms with Gasteiger partial charge in [0.05, 0.1) is 0 Å². The van der Waals surface area contributed by atoms with E-state index in [2.05, 4.69) is 29.0 Å². The summed E-state index contributed by atoms with van der Waals surface area (Å²) < 4.78 is 0. The predicted octanol–water partition coefficient (Wildman–Crippen LogP) is 2.20. The molecule has 16 heavy (non-hydrogen) atoms. The third-order valence-corrected chi connectivity index (χ3v) is 5.04. The lowest BCUT2D eigenvalue weighted by molar-refractivity contribution is 0.338. The van der Waals surface area contributed by atoms with Crippen molar-refractivity contribution in [3.8, 4) is 0 Å². The Morgan fingerprint density at radius 3 is 2.75 bits per heavy atom. The van der Waals surface area contributed by atoms with E-state index in [0.717, 1.165) is 12.0 Å². The van der Waals surface area contributed by atoms with Gasteiger partial charge in [0.1, 0.15) is 0 Å². The predicted molar refractivity (Wildman–Crippen MR) is 73.2 cm³/mol. The summed E-state index contributed by atoms with van der Waals surface area (Å²) in [5.41, 5.74) is 0. The average Bonchev–Trinajstić information content (AvgIpc) is 2.53. The summed E-state index contributed by atoms with van der Waals surface area (Å²) >= 11 is 2.13. The average molecular weight is 242 g/mol. The van der Waals surface area contributed by atoms with Crippen LogP contribution in [0.25, 0.3) is 0 Å². The first-order valence-electron chi connectivity index (χ1n) is 6.84. The molecule has 3 heteroatoms. The summed E-state index contributed by atoms with van der Waals surface area (Å²) in [5.74, 6) is 3.74. The number of likely N-dealkylation sites (tertiary alicyclic amines) is 1. The Morgan fingerprint density at radius 1 is 1.12 bits per heavy atom. The Morgan fingerprint density at radius 2 is 1.94 bits per heavy atom. The molecule has 2 fully saturated rings. The normalized spacial score (nSPS) is 30.2. The summed E-state index contributed by atoms with van der Waals surface area (Å²) in [6.45, 7) is 3.84. The van der Waals surface area contributed by atoms with Gasteiger partial charge in [0.2, 0.25) is 0 Å². The maximum Gasteiger partial charge on any atom is 0.00798 e. The highest BCUT2D eigenvalue weighted by Crippen LogP contribution is 2.22. The number of nitrogens with zero attached hydrogens (tertiary/aromatic N) is 1. The zero-order valence-electron chi connectivity index (χ0n) is 10.6. The Bertz CT molecular complexity index is 192. The van der Waals surface area contributed by atoms with Crippen molar-refractivity contribution in [3.63, 3.8) is 0 Å². The molecular weight excluding hydrogens is 216 g/mol. The van der Waals surface area contributed by atoms with Crippen LogP contribution >= 0.6 is 11.8 Å². The van der Waals surface area contributed by atoms with E-state index in [1.165, 1.54) is 63.2 Å². The summed E-state index contributed by atoms with van der Waals surface area (Å²) in [6.07, 6.45) is 6.97. The van der Waals surface area contributed by atoms with Crippen molar-refractivity contribution >= 4 is 11.8 Å². The molecule has 0 saturated carbocycles. The van der Waals surface area contributed by atoms with Crippen molar-refractivity contribution in [2.75, 3.05) is 38.2 Å².